The largest absolute Gasteiger partial charge is 0.397 e. The van der Waals surface area contributed by atoms with Gasteiger partial charge in [0.25, 0.3) is 5.91 Å². The Bertz CT molecular complexity index is 413. The minimum absolute atomic E-state index is 0. The second kappa shape index (κ2) is 9.00. The van der Waals surface area contributed by atoms with Gasteiger partial charge in [-0.15, -0.1) is 24.8 Å². The summed E-state index contributed by atoms with van der Waals surface area (Å²) in [6, 6.07) is 3.34. The SMILES string of the molecule is CCN1CCC(CNC(=O)c2ccc(N)cn2)C1.Cl.Cl. The van der Waals surface area contributed by atoms with Crippen molar-refractivity contribution in [3.8, 4) is 0 Å². The van der Waals surface area contributed by atoms with Crippen molar-refractivity contribution in [1.29, 1.82) is 0 Å². The average molecular weight is 321 g/mol. The molecule has 0 spiro atoms. The van der Waals surface area contributed by atoms with Gasteiger partial charge in [0, 0.05) is 13.1 Å². The highest BCUT2D eigenvalue weighted by molar-refractivity contribution is 5.92. The molecule has 20 heavy (non-hydrogen) atoms. The van der Waals surface area contributed by atoms with Crippen LogP contribution in [0, 0.1) is 5.92 Å². The summed E-state index contributed by atoms with van der Waals surface area (Å²) in [5.41, 5.74) is 6.53. The molecule has 0 aliphatic carbocycles. The van der Waals surface area contributed by atoms with Crippen LogP contribution in [0.4, 0.5) is 5.69 Å². The third-order valence-corrected chi connectivity index (χ3v) is 3.39. The summed E-state index contributed by atoms with van der Waals surface area (Å²) >= 11 is 0. The zero-order valence-electron chi connectivity index (χ0n) is 11.5. The number of nitrogens with zero attached hydrogens (tertiary/aromatic N) is 2. The number of rotatable bonds is 4. The molecule has 7 heteroatoms. The monoisotopic (exact) mass is 320 g/mol. The van der Waals surface area contributed by atoms with Crippen molar-refractivity contribution >= 4 is 36.4 Å². The second-order valence-corrected chi connectivity index (χ2v) is 4.73. The molecule has 5 nitrogen and oxygen atoms in total. The Labute approximate surface area is 132 Å². The van der Waals surface area contributed by atoms with Crippen LogP contribution in [0.15, 0.2) is 18.3 Å². The quantitative estimate of drug-likeness (QED) is 0.883. The number of nitrogen functional groups attached to an aromatic ring is 1. The molecule has 1 aromatic heterocycles. The van der Waals surface area contributed by atoms with Crippen molar-refractivity contribution in [3.05, 3.63) is 24.0 Å². The highest BCUT2D eigenvalue weighted by Crippen LogP contribution is 2.14. The predicted molar refractivity (Wildman–Crippen MR) is 85.7 cm³/mol. The summed E-state index contributed by atoms with van der Waals surface area (Å²) in [5.74, 6) is 0.438. The lowest BCUT2D eigenvalue weighted by Crippen LogP contribution is -2.31. The van der Waals surface area contributed by atoms with E-state index in [4.69, 9.17) is 5.73 Å². The maximum atomic E-state index is 11.8. The van der Waals surface area contributed by atoms with Crippen LogP contribution in [-0.4, -0.2) is 42.0 Å². The van der Waals surface area contributed by atoms with E-state index in [1.54, 1.807) is 12.1 Å². The van der Waals surface area contributed by atoms with Crippen LogP contribution >= 0.6 is 24.8 Å². The number of hydrogen-bond donors (Lipinski definition) is 2. The molecule has 1 aromatic rings. The lowest BCUT2D eigenvalue weighted by molar-refractivity contribution is 0.0942. The Balaban J connectivity index is 0.00000180. The first-order valence-corrected chi connectivity index (χ1v) is 6.41. The Kier molecular flexibility index (Phi) is 8.53. The van der Waals surface area contributed by atoms with E-state index in [2.05, 4.69) is 22.1 Å². The van der Waals surface area contributed by atoms with Gasteiger partial charge in [0.2, 0.25) is 0 Å². The maximum absolute atomic E-state index is 11.8. The van der Waals surface area contributed by atoms with Crippen LogP contribution in [0.5, 0.6) is 0 Å². The molecular weight excluding hydrogens is 299 g/mol. The summed E-state index contributed by atoms with van der Waals surface area (Å²) in [5, 5.41) is 2.94. The first kappa shape index (κ1) is 19.0. The predicted octanol–water partition coefficient (Wildman–Crippen LogP) is 1.58. The van der Waals surface area contributed by atoms with Gasteiger partial charge in [-0.2, -0.15) is 0 Å². The van der Waals surface area contributed by atoms with E-state index in [1.165, 1.54) is 6.20 Å². The zero-order chi connectivity index (χ0) is 13.0. The molecule has 2 rings (SSSR count). The molecule has 1 amide bonds. The van der Waals surface area contributed by atoms with E-state index in [9.17, 15) is 4.79 Å². The van der Waals surface area contributed by atoms with Gasteiger partial charge in [-0.25, -0.2) is 4.98 Å². The molecule has 0 aromatic carbocycles. The van der Waals surface area contributed by atoms with Gasteiger partial charge in [0.15, 0.2) is 0 Å². The number of amides is 1. The number of hydrogen-bond acceptors (Lipinski definition) is 4. The number of halogens is 2. The first-order chi connectivity index (χ1) is 8.69. The van der Waals surface area contributed by atoms with E-state index < -0.39 is 0 Å². The van der Waals surface area contributed by atoms with Gasteiger partial charge in [-0.3, -0.25) is 4.79 Å². The minimum atomic E-state index is -0.120. The number of aromatic nitrogens is 1. The molecule has 0 bridgehead atoms. The molecule has 1 fully saturated rings. The van der Waals surface area contributed by atoms with Crippen LogP contribution < -0.4 is 11.1 Å². The summed E-state index contributed by atoms with van der Waals surface area (Å²) in [6.45, 7) is 6.19. The third kappa shape index (κ3) is 5.15. The Morgan fingerprint density at radius 2 is 2.25 bits per heavy atom. The molecular formula is C13H22Cl2N4O. The topological polar surface area (TPSA) is 71.2 Å². The smallest absolute Gasteiger partial charge is 0.269 e. The van der Waals surface area contributed by atoms with E-state index >= 15 is 0 Å². The zero-order valence-corrected chi connectivity index (χ0v) is 13.2. The van der Waals surface area contributed by atoms with Gasteiger partial charge in [0.05, 0.1) is 11.9 Å². The fourth-order valence-corrected chi connectivity index (χ4v) is 2.23. The summed E-state index contributed by atoms with van der Waals surface area (Å²) in [7, 11) is 0. The standard InChI is InChI=1S/C13H20N4O.2ClH/c1-2-17-6-5-10(9-17)7-16-13(18)12-4-3-11(14)8-15-12;;/h3-4,8,10H,2,5-7,9,14H2,1H3,(H,16,18);2*1H. The highest BCUT2D eigenvalue weighted by Gasteiger charge is 2.21. The van der Waals surface area contributed by atoms with Gasteiger partial charge >= 0.3 is 0 Å². The van der Waals surface area contributed by atoms with Crippen LogP contribution in [0.2, 0.25) is 0 Å². The van der Waals surface area contributed by atoms with Gasteiger partial charge in [-0.1, -0.05) is 6.92 Å². The lowest BCUT2D eigenvalue weighted by atomic mass is 10.1. The van der Waals surface area contributed by atoms with E-state index in [1.807, 2.05) is 0 Å². The van der Waals surface area contributed by atoms with Crippen LogP contribution in [0.3, 0.4) is 0 Å². The molecule has 114 valence electrons. The average Bonchev–Trinajstić information content (AvgIpc) is 2.85. The first-order valence-electron chi connectivity index (χ1n) is 6.41. The normalized spacial score (nSPS) is 17.9. The Morgan fingerprint density at radius 3 is 2.80 bits per heavy atom. The Morgan fingerprint density at radius 1 is 1.50 bits per heavy atom. The lowest BCUT2D eigenvalue weighted by Gasteiger charge is -2.13. The van der Waals surface area contributed by atoms with Gasteiger partial charge < -0.3 is 16.0 Å². The van der Waals surface area contributed by atoms with Crippen molar-refractivity contribution in [2.75, 3.05) is 31.9 Å². The maximum Gasteiger partial charge on any atom is 0.269 e. The van der Waals surface area contributed by atoms with Crippen molar-refractivity contribution in [1.82, 2.24) is 15.2 Å². The number of likely N-dealkylation sites (tertiary alicyclic amines) is 1. The van der Waals surface area contributed by atoms with Crippen molar-refractivity contribution in [2.45, 2.75) is 13.3 Å². The number of anilines is 1. The molecule has 1 aliphatic heterocycles. The molecule has 2 heterocycles. The number of carbonyl (C=O) groups excluding carboxylic acids is 1. The van der Waals surface area contributed by atoms with Crippen LogP contribution in [0.1, 0.15) is 23.8 Å². The van der Waals surface area contributed by atoms with Crippen LogP contribution in [-0.2, 0) is 0 Å². The number of carbonyl (C=O) groups is 1. The van der Waals surface area contributed by atoms with Gasteiger partial charge in [-0.05, 0) is 37.6 Å². The fourth-order valence-electron chi connectivity index (χ4n) is 2.23. The summed E-state index contributed by atoms with van der Waals surface area (Å²) in [4.78, 5) is 18.2. The molecule has 1 atom stereocenters. The fraction of sp³-hybridized carbons (Fsp3) is 0.538. The summed E-state index contributed by atoms with van der Waals surface area (Å²) < 4.78 is 0. The van der Waals surface area contributed by atoms with E-state index in [0.717, 1.165) is 32.6 Å². The van der Waals surface area contributed by atoms with Crippen LogP contribution in [0.25, 0.3) is 0 Å². The minimum Gasteiger partial charge on any atom is -0.397 e. The number of nitrogens with one attached hydrogen (secondary N) is 1. The van der Waals surface area contributed by atoms with Crippen molar-refractivity contribution in [3.63, 3.8) is 0 Å². The third-order valence-electron chi connectivity index (χ3n) is 3.39. The molecule has 1 unspecified atom stereocenters. The van der Waals surface area contributed by atoms with Gasteiger partial charge in [0.1, 0.15) is 5.69 Å². The van der Waals surface area contributed by atoms with E-state index in [0.29, 0.717) is 17.3 Å². The Hall–Kier alpha value is -1.04. The molecule has 0 radical (unpaired) electrons. The molecule has 1 saturated heterocycles. The molecule has 0 saturated carbocycles. The number of pyridine rings is 1. The molecule has 1 aliphatic rings. The number of nitrogens with two attached hydrogens (primary N) is 1. The highest BCUT2D eigenvalue weighted by atomic mass is 35.5. The second-order valence-electron chi connectivity index (χ2n) is 4.73. The molecule has 3 N–H and O–H groups in total. The summed E-state index contributed by atoms with van der Waals surface area (Å²) in [6.07, 6.45) is 2.66. The van der Waals surface area contributed by atoms with Crippen molar-refractivity contribution < 1.29 is 4.79 Å². The van der Waals surface area contributed by atoms with E-state index in [-0.39, 0.29) is 30.7 Å². The van der Waals surface area contributed by atoms with Crippen molar-refractivity contribution in [2.24, 2.45) is 5.92 Å².